The minimum atomic E-state index is 1.10. The van der Waals surface area contributed by atoms with Gasteiger partial charge in [0.1, 0.15) is 0 Å². The average molecular weight is 179 g/mol. The van der Waals surface area contributed by atoms with Crippen LogP contribution in [0.5, 0.6) is 0 Å². The molecule has 0 N–H and O–H groups in total. The smallest absolute Gasteiger partial charge is 0.0409 e. The summed E-state index contributed by atoms with van der Waals surface area (Å²) in [6, 6.07) is 4.27. The lowest BCUT2D eigenvalue weighted by Crippen LogP contribution is -1.92. The van der Waals surface area contributed by atoms with Crippen molar-refractivity contribution in [2.45, 2.75) is 47.5 Å². The number of aromatic nitrogens is 1. The van der Waals surface area contributed by atoms with E-state index in [1.54, 1.807) is 0 Å². The Morgan fingerprint density at radius 2 is 1.77 bits per heavy atom. The van der Waals surface area contributed by atoms with Gasteiger partial charge in [0.05, 0.1) is 0 Å². The number of aryl methyl sites for hydroxylation is 3. The second kappa shape index (κ2) is 6.64. The number of rotatable bonds is 2. The van der Waals surface area contributed by atoms with Crippen molar-refractivity contribution in [3.8, 4) is 0 Å². The Bertz CT molecular complexity index is 221. The van der Waals surface area contributed by atoms with Gasteiger partial charge < -0.3 is 0 Å². The highest BCUT2D eigenvalue weighted by Gasteiger charge is 1.94. The molecule has 0 atom stereocenters. The van der Waals surface area contributed by atoms with E-state index in [1.165, 1.54) is 17.7 Å². The number of nitrogens with zero attached hydrogens (tertiary/aromatic N) is 1. The van der Waals surface area contributed by atoms with Crippen LogP contribution in [0.1, 0.15) is 44.1 Å². The predicted octanol–water partition coefficient (Wildman–Crippen LogP) is 3.68. The molecular formula is C12H21N. The SMILES string of the molecule is CC.CCCc1cc(C)cc(C)n1. The topological polar surface area (TPSA) is 12.9 Å². The summed E-state index contributed by atoms with van der Waals surface area (Å²) in [5.41, 5.74) is 3.68. The Morgan fingerprint density at radius 3 is 2.23 bits per heavy atom. The van der Waals surface area contributed by atoms with Gasteiger partial charge in [-0.1, -0.05) is 27.2 Å². The first kappa shape index (κ1) is 12.2. The van der Waals surface area contributed by atoms with Crippen molar-refractivity contribution >= 4 is 0 Å². The third-order valence-corrected chi connectivity index (χ3v) is 1.66. The van der Waals surface area contributed by atoms with Crippen LogP contribution in [0.25, 0.3) is 0 Å². The van der Waals surface area contributed by atoms with Crippen LogP contribution in [0.2, 0.25) is 0 Å². The second-order valence-electron chi connectivity index (χ2n) is 3.03. The van der Waals surface area contributed by atoms with Gasteiger partial charge in [-0.15, -0.1) is 0 Å². The monoisotopic (exact) mass is 179 g/mol. The molecule has 1 heterocycles. The van der Waals surface area contributed by atoms with Gasteiger partial charge in [-0.05, 0) is 38.0 Å². The van der Waals surface area contributed by atoms with E-state index in [-0.39, 0.29) is 0 Å². The van der Waals surface area contributed by atoms with Gasteiger partial charge in [-0.2, -0.15) is 0 Å². The Hall–Kier alpha value is -0.850. The molecule has 1 aromatic heterocycles. The van der Waals surface area contributed by atoms with E-state index in [0.29, 0.717) is 0 Å². The van der Waals surface area contributed by atoms with E-state index in [0.717, 1.165) is 12.1 Å². The molecule has 0 aromatic carbocycles. The molecule has 0 saturated heterocycles. The van der Waals surface area contributed by atoms with Gasteiger partial charge >= 0.3 is 0 Å². The molecule has 0 aliphatic rings. The highest BCUT2D eigenvalue weighted by atomic mass is 14.7. The van der Waals surface area contributed by atoms with E-state index >= 15 is 0 Å². The van der Waals surface area contributed by atoms with E-state index in [1.807, 2.05) is 20.8 Å². The van der Waals surface area contributed by atoms with Gasteiger partial charge in [0.25, 0.3) is 0 Å². The lowest BCUT2D eigenvalue weighted by molar-refractivity contribution is 0.871. The first-order valence-electron chi connectivity index (χ1n) is 5.16. The third-order valence-electron chi connectivity index (χ3n) is 1.66. The molecule has 0 bridgehead atoms. The van der Waals surface area contributed by atoms with E-state index in [2.05, 4.69) is 31.0 Å². The van der Waals surface area contributed by atoms with Crippen LogP contribution in [0.3, 0.4) is 0 Å². The fraction of sp³-hybridized carbons (Fsp3) is 0.583. The van der Waals surface area contributed by atoms with Crippen molar-refractivity contribution in [3.05, 3.63) is 29.1 Å². The summed E-state index contributed by atoms with van der Waals surface area (Å²) >= 11 is 0. The molecule has 1 aromatic rings. The minimum Gasteiger partial charge on any atom is -0.258 e. The highest BCUT2D eigenvalue weighted by Crippen LogP contribution is 2.05. The summed E-state index contributed by atoms with van der Waals surface area (Å²) in [4.78, 5) is 4.42. The lowest BCUT2D eigenvalue weighted by Gasteiger charge is -2.01. The van der Waals surface area contributed by atoms with Gasteiger partial charge in [-0.3, -0.25) is 4.98 Å². The van der Waals surface area contributed by atoms with Crippen molar-refractivity contribution in [3.63, 3.8) is 0 Å². The Balaban J connectivity index is 0.000000671. The van der Waals surface area contributed by atoms with Crippen LogP contribution >= 0.6 is 0 Å². The molecule has 13 heavy (non-hydrogen) atoms. The summed E-state index contributed by atoms with van der Waals surface area (Å²) in [7, 11) is 0. The van der Waals surface area contributed by atoms with Crippen LogP contribution in [0.15, 0.2) is 12.1 Å². The van der Waals surface area contributed by atoms with E-state index in [9.17, 15) is 0 Å². The maximum Gasteiger partial charge on any atom is 0.0409 e. The first-order valence-corrected chi connectivity index (χ1v) is 5.16. The summed E-state index contributed by atoms with van der Waals surface area (Å²) in [6.07, 6.45) is 2.28. The molecule has 0 aliphatic heterocycles. The molecule has 1 heteroatoms. The van der Waals surface area contributed by atoms with Crippen LogP contribution in [0, 0.1) is 13.8 Å². The largest absolute Gasteiger partial charge is 0.258 e. The summed E-state index contributed by atoms with van der Waals surface area (Å²) in [5, 5.41) is 0. The zero-order valence-electron chi connectivity index (χ0n) is 9.52. The quantitative estimate of drug-likeness (QED) is 0.675. The van der Waals surface area contributed by atoms with Gasteiger partial charge in [-0.25, -0.2) is 0 Å². The zero-order valence-corrected chi connectivity index (χ0v) is 9.52. The van der Waals surface area contributed by atoms with Crippen LogP contribution in [-0.4, -0.2) is 4.98 Å². The van der Waals surface area contributed by atoms with Crippen molar-refractivity contribution < 1.29 is 0 Å². The molecule has 0 saturated carbocycles. The molecule has 0 spiro atoms. The number of hydrogen-bond donors (Lipinski definition) is 0. The van der Waals surface area contributed by atoms with E-state index in [4.69, 9.17) is 0 Å². The van der Waals surface area contributed by atoms with Crippen molar-refractivity contribution in [1.29, 1.82) is 0 Å². The van der Waals surface area contributed by atoms with Crippen LogP contribution in [-0.2, 0) is 6.42 Å². The minimum absolute atomic E-state index is 1.10. The summed E-state index contributed by atoms with van der Waals surface area (Å²) in [6.45, 7) is 10.3. The zero-order chi connectivity index (χ0) is 10.3. The Labute approximate surface area is 82.2 Å². The molecule has 74 valence electrons. The Morgan fingerprint density at radius 1 is 1.15 bits per heavy atom. The summed E-state index contributed by atoms with van der Waals surface area (Å²) in [5.74, 6) is 0. The molecule has 0 aliphatic carbocycles. The van der Waals surface area contributed by atoms with Gasteiger partial charge in [0, 0.05) is 11.4 Å². The molecule has 0 fully saturated rings. The maximum absolute atomic E-state index is 4.42. The van der Waals surface area contributed by atoms with Crippen LogP contribution < -0.4 is 0 Å². The molecule has 0 unspecified atom stereocenters. The molecule has 0 amide bonds. The maximum atomic E-state index is 4.42. The first-order chi connectivity index (χ1) is 6.22. The summed E-state index contributed by atoms with van der Waals surface area (Å²) < 4.78 is 0. The second-order valence-corrected chi connectivity index (χ2v) is 3.03. The normalized spacial score (nSPS) is 9.00. The number of hydrogen-bond acceptors (Lipinski definition) is 1. The number of pyridine rings is 1. The third kappa shape index (κ3) is 4.66. The lowest BCUT2D eigenvalue weighted by atomic mass is 10.1. The fourth-order valence-corrected chi connectivity index (χ4v) is 1.31. The molecule has 0 radical (unpaired) electrons. The van der Waals surface area contributed by atoms with Gasteiger partial charge in [0.2, 0.25) is 0 Å². The van der Waals surface area contributed by atoms with Crippen molar-refractivity contribution in [2.24, 2.45) is 0 Å². The fourth-order valence-electron chi connectivity index (χ4n) is 1.31. The van der Waals surface area contributed by atoms with Crippen molar-refractivity contribution in [2.75, 3.05) is 0 Å². The molecule has 1 nitrogen and oxygen atoms in total. The van der Waals surface area contributed by atoms with Crippen LogP contribution in [0.4, 0.5) is 0 Å². The molecule has 1 rings (SSSR count). The highest BCUT2D eigenvalue weighted by molar-refractivity contribution is 5.19. The van der Waals surface area contributed by atoms with Gasteiger partial charge in [0.15, 0.2) is 0 Å². The molecular weight excluding hydrogens is 158 g/mol. The standard InChI is InChI=1S/C10H15N.C2H6/c1-4-5-10-7-8(2)6-9(3)11-10;1-2/h6-7H,4-5H2,1-3H3;1-2H3. The van der Waals surface area contributed by atoms with Crippen molar-refractivity contribution in [1.82, 2.24) is 4.98 Å². The Kier molecular flexibility index (Phi) is 6.21. The predicted molar refractivity (Wildman–Crippen MR) is 59.1 cm³/mol. The average Bonchev–Trinajstić information content (AvgIpc) is 2.06. The van der Waals surface area contributed by atoms with E-state index < -0.39 is 0 Å².